The van der Waals surface area contributed by atoms with E-state index in [1.54, 1.807) is 20.3 Å². The van der Waals surface area contributed by atoms with Crippen LogP contribution in [0.5, 0.6) is 11.5 Å². The quantitative estimate of drug-likeness (QED) is 0.699. The molecule has 0 aliphatic rings. The molecule has 0 N–H and O–H groups in total. The van der Waals surface area contributed by atoms with Crippen LogP contribution in [0.25, 0.3) is 0 Å². The van der Waals surface area contributed by atoms with Crippen molar-refractivity contribution in [3.05, 3.63) is 58.1 Å². The van der Waals surface area contributed by atoms with Gasteiger partial charge in [-0.05, 0) is 29.2 Å². The zero-order valence-electron chi connectivity index (χ0n) is 12.3. The van der Waals surface area contributed by atoms with Gasteiger partial charge in [-0.25, -0.2) is 0 Å². The summed E-state index contributed by atoms with van der Waals surface area (Å²) >= 11 is 12.9. The number of hydrogen-bond donors (Lipinski definition) is 0. The smallest absolute Gasteiger partial charge is 0.162 e. The normalized spacial score (nSPS) is 12.0. The molecule has 4 heteroatoms. The summed E-state index contributed by atoms with van der Waals surface area (Å²) in [4.78, 5) is 0. The molecule has 0 fully saturated rings. The zero-order chi connectivity index (χ0) is 15.4. The third-order valence-electron chi connectivity index (χ3n) is 3.46. The second kappa shape index (κ2) is 7.06. The minimum absolute atomic E-state index is 0.330. The van der Waals surface area contributed by atoms with Crippen LogP contribution in [0.1, 0.15) is 29.0 Å². The van der Waals surface area contributed by atoms with Crippen molar-refractivity contribution in [2.24, 2.45) is 0 Å². The molecule has 2 aromatic carbocycles. The van der Waals surface area contributed by atoms with Gasteiger partial charge in [0.25, 0.3) is 0 Å². The first kappa shape index (κ1) is 16.0. The van der Waals surface area contributed by atoms with E-state index in [9.17, 15) is 0 Å². The minimum atomic E-state index is -0.330. The van der Waals surface area contributed by atoms with E-state index in [1.807, 2.05) is 18.2 Å². The van der Waals surface area contributed by atoms with Gasteiger partial charge in [-0.3, -0.25) is 0 Å². The summed E-state index contributed by atoms with van der Waals surface area (Å²) in [6.07, 6.45) is 1.00. The molecule has 0 aliphatic carbocycles. The van der Waals surface area contributed by atoms with Crippen molar-refractivity contribution in [2.45, 2.75) is 18.7 Å². The highest BCUT2D eigenvalue weighted by Crippen LogP contribution is 2.40. The van der Waals surface area contributed by atoms with E-state index in [4.69, 9.17) is 32.7 Å². The Morgan fingerprint density at radius 2 is 1.57 bits per heavy atom. The Labute approximate surface area is 135 Å². The summed E-state index contributed by atoms with van der Waals surface area (Å²) in [6, 6.07) is 11.8. The van der Waals surface area contributed by atoms with E-state index in [-0.39, 0.29) is 5.38 Å². The van der Waals surface area contributed by atoms with E-state index < -0.39 is 0 Å². The van der Waals surface area contributed by atoms with E-state index in [0.717, 1.165) is 17.5 Å². The average Bonchev–Trinajstić information content (AvgIpc) is 2.54. The van der Waals surface area contributed by atoms with Crippen LogP contribution in [-0.2, 0) is 6.42 Å². The molecule has 0 amide bonds. The highest BCUT2D eigenvalue weighted by atomic mass is 35.5. The summed E-state index contributed by atoms with van der Waals surface area (Å²) in [6.45, 7) is 2.12. The molecule has 0 aliphatic heterocycles. The van der Waals surface area contributed by atoms with Gasteiger partial charge in [-0.1, -0.05) is 42.8 Å². The van der Waals surface area contributed by atoms with Gasteiger partial charge in [0.15, 0.2) is 11.5 Å². The summed E-state index contributed by atoms with van der Waals surface area (Å²) in [7, 11) is 3.17. The van der Waals surface area contributed by atoms with Crippen molar-refractivity contribution >= 4 is 23.2 Å². The first-order chi connectivity index (χ1) is 10.1. The van der Waals surface area contributed by atoms with Crippen molar-refractivity contribution in [3.8, 4) is 11.5 Å². The molecule has 112 valence electrons. The first-order valence-corrected chi connectivity index (χ1v) is 7.56. The average molecular weight is 325 g/mol. The third kappa shape index (κ3) is 3.45. The summed E-state index contributed by atoms with van der Waals surface area (Å²) < 4.78 is 10.5. The highest BCUT2D eigenvalue weighted by molar-refractivity contribution is 6.33. The molecular weight excluding hydrogens is 307 g/mol. The molecule has 0 bridgehead atoms. The van der Waals surface area contributed by atoms with Crippen LogP contribution >= 0.6 is 23.2 Å². The molecule has 0 spiro atoms. The van der Waals surface area contributed by atoms with Crippen LogP contribution in [0, 0.1) is 0 Å². The molecular formula is C17H18Cl2O2. The number of hydrogen-bond acceptors (Lipinski definition) is 2. The predicted molar refractivity (Wildman–Crippen MR) is 88.1 cm³/mol. The van der Waals surface area contributed by atoms with Gasteiger partial charge in [0.05, 0.1) is 19.6 Å². The standard InChI is InChI=1S/C17H18Cl2O2/c1-4-11-5-7-12(8-6-11)17(19)13-9-15(20-2)16(21-3)10-14(13)18/h5-10,17H,4H2,1-3H3. The molecule has 0 radical (unpaired) electrons. The van der Waals surface area contributed by atoms with Crippen LogP contribution in [-0.4, -0.2) is 14.2 Å². The Bertz CT molecular complexity index is 609. The summed E-state index contributed by atoms with van der Waals surface area (Å²) in [5.41, 5.74) is 3.09. The number of alkyl halides is 1. The zero-order valence-corrected chi connectivity index (χ0v) is 13.8. The first-order valence-electron chi connectivity index (χ1n) is 6.75. The highest BCUT2D eigenvalue weighted by Gasteiger charge is 2.18. The van der Waals surface area contributed by atoms with E-state index in [1.165, 1.54) is 5.56 Å². The van der Waals surface area contributed by atoms with Crippen LogP contribution in [0.4, 0.5) is 0 Å². The monoisotopic (exact) mass is 324 g/mol. The fraction of sp³-hybridized carbons (Fsp3) is 0.294. The maximum Gasteiger partial charge on any atom is 0.162 e. The fourth-order valence-electron chi connectivity index (χ4n) is 2.17. The van der Waals surface area contributed by atoms with Gasteiger partial charge < -0.3 is 9.47 Å². The van der Waals surface area contributed by atoms with Crippen molar-refractivity contribution in [1.29, 1.82) is 0 Å². The van der Waals surface area contributed by atoms with Crippen molar-refractivity contribution in [3.63, 3.8) is 0 Å². The summed E-state index contributed by atoms with van der Waals surface area (Å²) in [5, 5.41) is 0.232. The second-order valence-corrected chi connectivity index (χ2v) is 5.53. The lowest BCUT2D eigenvalue weighted by molar-refractivity contribution is 0.354. The number of rotatable bonds is 5. The van der Waals surface area contributed by atoms with Crippen LogP contribution in [0.3, 0.4) is 0 Å². The lowest BCUT2D eigenvalue weighted by Crippen LogP contribution is -1.98. The number of ether oxygens (including phenoxy) is 2. The van der Waals surface area contributed by atoms with E-state index in [0.29, 0.717) is 16.5 Å². The van der Waals surface area contributed by atoms with Crippen LogP contribution < -0.4 is 9.47 Å². The summed E-state index contributed by atoms with van der Waals surface area (Å²) in [5.74, 6) is 1.21. The molecule has 2 nitrogen and oxygen atoms in total. The van der Waals surface area contributed by atoms with Crippen LogP contribution in [0.15, 0.2) is 36.4 Å². The topological polar surface area (TPSA) is 18.5 Å². The second-order valence-electron chi connectivity index (χ2n) is 4.69. The molecule has 21 heavy (non-hydrogen) atoms. The van der Waals surface area contributed by atoms with E-state index >= 15 is 0 Å². The van der Waals surface area contributed by atoms with Crippen molar-refractivity contribution < 1.29 is 9.47 Å². The lowest BCUT2D eigenvalue weighted by Gasteiger charge is -2.16. The van der Waals surface area contributed by atoms with Crippen molar-refractivity contribution in [1.82, 2.24) is 0 Å². The predicted octanol–water partition coefficient (Wildman–Crippen LogP) is 5.25. The molecule has 1 unspecified atom stereocenters. The van der Waals surface area contributed by atoms with Gasteiger partial charge >= 0.3 is 0 Å². The minimum Gasteiger partial charge on any atom is -0.493 e. The number of methoxy groups -OCH3 is 2. The molecule has 2 aromatic rings. The Balaban J connectivity index is 2.39. The van der Waals surface area contributed by atoms with Gasteiger partial charge in [0.2, 0.25) is 0 Å². The number of halogens is 2. The molecule has 0 saturated carbocycles. The van der Waals surface area contributed by atoms with E-state index in [2.05, 4.69) is 19.1 Å². The number of aryl methyl sites for hydroxylation is 1. The van der Waals surface area contributed by atoms with Gasteiger partial charge in [0, 0.05) is 11.1 Å². The molecule has 0 aromatic heterocycles. The van der Waals surface area contributed by atoms with Gasteiger partial charge in [-0.15, -0.1) is 11.6 Å². The molecule has 2 rings (SSSR count). The fourth-order valence-corrected chi connectivity index (χ4v) is 2.81. The maximum absolute atomic E-state index is 6.58. The van der Waals surface area contributed by atoms with Crippen LogP contribution in [0.2, 0.25) is 5.02 Å². The van der Waals surface area contributed by atoms with Crippen molar-refractivity contribution in [2.75, 3.05) is 14.2 Å². The largest absolute Gasteiger partial charge is 0.493 e. The SMILES string of the molecule is CCc1ccc(C(Cl)c2cc(OC)c(OC)cc2Cl)cc1. The Kier molecular flexibility index (Phi) is 5.38. The lowest BCUT2D eigenvalue weighted by atomic mass is 10.0. The third-order valence-corrected chi connectivity index (χ3v) is 4.27. The molecule has 0 heterocycles. The number of benzene rings is 2. The Morgan fingerprint density at radius 1 is 1.00 bits per heavy atom. The Hall–Kier alpha value is -1.38. The molecule has 0 saturated heterocycles. The Morgan fingerprint density at radius 3 is 2.10 bits per heavy atom. The van der Waals surface area contributed by atoms with Gasteiger partial charge in [-0.2, -0.15) is 0 Å². The molecule has 1 atom stereocenters. The maximum atomic E-state index is 6.58. The van der Waals surface area contributed by atoms with Gasteiger partial charge in [0.1, 0.15) is 0 Å².